The second-order valence-corrected chi connectivity index (χ2v) is 8.87. The van der Waals surface area contributed by atoms with Crippen molar-refractivity contribution >= 4 is 21.1 Å². The predicted octanol–water partition coefficient (Wildman–Crippen LogP) is 3.25. The molecule has 0 aliphatic heterocycles. The third-order valence-corrected chi connectivity index (χ3v) is 6.73. The van der Waals surface area contributed by atoms with Crippen molar-refractivity contribution in [1.82, 2.24) is 14.3 Å². The maximum atomic E-state index is 12.3. The van der Waals surface area contributed by atoms with Crippen LogP contribution in [0.1, 0.15) is 23.9 Å². The van der Waals surface area contributed by atoms with E-state index in [1.807, 2.05) is 72.2 Å². The predicted molar refractivity (Wildman–Crippen MR) is 117 cm³/mol. The van der Waals surface area contributed by atoms with Gasteiger partial charge < -0.3 is 9.67 Å². The molecule has 0 aliphatic carbocycles. The summed E-state index contributed by atoms with van der Waals surface area (Å²) >= 11 is 0. The minimum Gasteiger partial charge on any atom is -0.373 e. The fourth-order valence-electron chi connectivity index (χ4n) is 3.77. The van der Waals surface area contributed by atoms with Crippen LogP contribution in [-0.2, 0) is 22.2 Å². The molecule has 0 aliphatic rings. The van der Waals surface area contributed by atoms with Gasteiger partial charge in [-0.3, -0.25) is 0 Å². The molecule has 3 aromatic carbocycles. The van der Waals surface area contributed by atoms with Crippen LogP contribution in [0, 0.1) is 0 Å². The molecule has 0 saturated carbocycles. The lowest BCUT2D eigenvalue weighted by Gasteiger charge is -2.29. The minimum atomic E-state index is -3.60. The van der Waals surface area contributed by atoms with E-state index in [4.69, 9.17) is 4.98 Å². The summed E-state index contributed by atoms with van der Waals surface area (Å²) in [7, 11) is -2.22. The number of rotatable bonds is 6. The zero-order chi connectivity index (χ0) is 21.4. The lowest BCUT2D eigenvalue weighted by Crippen LogP contribution is -2.32. The Kier molecular flexibility index (Phi) is 5.19. The van der Waals surface area contributed by atoms with Gasteiger partial charge in [-0.15, -0.1) is 0 Å². The van der Waals surface area contributed by atoms with Crippen LogP contribution in [0.2, 0.25) is 0 Å². The number of nitrogens with zero attached hydrogens (tertiary/aromatic N) is 2. The number of aromatic nitrogens is 2. The Balaban J connectivity index is 2.04. The van der Waals surface area contributed by atoms with Crippen LogP contribution in [0.3, 0.4) is 0 Å². The smallest absolute Gasteiger partial charge is 0.240 e. The molecule has 1 heterocycles. The highest BCUT2D eigenvalue weighted by Gasteiger charge is 2.38. The largest absolute Gasteiger partial charge is 0.373 e. The van der Waals surface area contributed by atoms with Gasteiger partial charge in [0.2, 0.25) is 10.0 Å². The van der Waals surface area contributed by atoms with E-state index in [1.54, 1.807) is 12.1 Å². The summed E-state index contributed by atoms with van der Waals surface area (Å²) in [4.78, 5) is 4.91. The standard InChI is InChI=1S/C23H23N3O3S/c1-3-26-21-16-19(30(28,29)24-2)14-15-20(21)25-22(26)23(27,17-10-6-4-7-11-17)18-12-8-5-9-13-18/h4-16,24,27H,3H2,1-2H3. The number of aliphatic hydroxyl groups is 1. The Hall–Kier alpha value is -3.00. The maximum absolute atomic E-state index is 12.3. The zero-order valence-electron chi connectivity index (χ0n) is 16.8. The number of imidazole rings is 1. The molecule has 0 radical (unpaired) electrons. The molecular weight excluding hydrogens is 398 g/mol. The van der Waals surface area contributed by atoms with Gasteiger partial charge >= 0.3 is 0 Å². The topological polar surface area (TPSA) is 84.2 Å². The van der Waals surface area contributed by atoms with Crippen LogP contribution < -0.4 is 4.72 Å². The first-order chi connectivity index (χ1) is 14.4. The molecule has 6 nitrogen and oxygen atoms in total. The number of fused-ring (bicyclic) bond motifs is 1. The highest BCUT2D eigenvalue weighted by molar-refractivity contribution is 7.89. The summed E-state index contributed by atoms with van der Waals surface area (Å²) in [5.41, 5.74) is 1.13. The quantitative estimate of drug-likeness (QED) is 0.501. The lowest BCUT2D eigenvalue weighted by molar-refractivity contribution is 0.112. The first kappa shape index (κ1) is 20.3. The Morgan fingerprint density at radius 2 is 1.53 bits per heavy atom. The van der Waals surface area contributed by atoms with Gasteiger partial charge in [0.05, 0.1) is 15.9 Å². The first-order valence-corrected chi connectivity index (χ1v) is 11.2. The van der Waals surface area contributed by atoms with Crippen LogP contribution in [0.25, 0.3) is 11.0 Å². The fourth-order valence-corrected chi connectivity index (χ4v) is 4.52. The first-order valence-electron chi connectivity index (χ1n) is 9.69. The Morgan fingerprint density at radius 1 is 0.967 bits per heavy atom. The number of nitrogens with one attached hydrogen (secondary N) is 1. The summed E-state index contributed by atoms with van der Waals surface area (Å²) in [6, 6.07) is 23.5. The molecule has 0 atom stereocenters. The summed E-state index contributed by atoms with van der Waals surface area (Å²) in [5.74, 6) is 0.441. The average Bonchev–Trinajstić information content (AvgIpc) is 3.18. The van der Waals surface area contributed by atoms with Crippen molar-refractivity contribution in [3.8, 4) is 0 Å². The van der Waals surface area contributed by atoms with E-state index in [9.17, 15) is 13.5 Å². The summed E-state index contributed by atoms with van der Waals surface area (Å²) in [6.45, 7) is 2.46. The van der Waals surface area contributed by atoms with Crippen molar-refractivity contribution in [1.29, 1.82) is 0 Å². The number of aryl methyl sites for hydroxylation is 1. The minimum absolute atomic E-state index is 0.154. The van der Waals surface area contributed by atoms with Crippen molar-refractivity contribution in [3.63, 3.8) is 0 Å². The summed E-state index contributed by atoms with van der Waals surface area (Å²) < 4.78 is 28.8. The number of benzene rings is 3. The van der Waals surface area contributed by atoms with E-state index in [0.717, 1.165) is 0 Å². The molecule has 0 spiro atoms. The molecule has 0 amide bonds. The molecule has 4 aromatic rings. The van der Waals surface area contributed by atoms with Gasteiger partial charge in [-0.05, 0) is 43.3 Å². The lowest BCUT2D eigenvalue weighted by atomic mass is 9.85. The average molecular weight is 422 g/mol. The molecule has 4 rings (SSSR count). The van der Waals surface area contributed by atoms with E-state index in [1.165, 1.54) is 13.1 Å². The Morgan fingerprint density at radius 3 is 2.03 bits per heavy atom. The highest BCUT2D eigenvalue weighted by Crippen LogP contribution is 2.37. The van der Waals surface area contributed by atoms with E-state index in [-0.39, 0.29) is 4.90 Å². The molecule has 154 valence electrons. The van der Waals surface area contributed by atoms with Crippen LogP contribution in [0.5, 0.6) is 0 Å². The van der Waals surface area contributed by atoms with Gasteiger partial charge in [-0.25, -0.2) is 18.1 Å². The van der Waals surface area contributed by atoms with Gasteiger partial charge in [0.1, 0.15) is 0 Å². The van der Waals surface area contributed by atoms with Crippen LogP contribution in [0.4, 0.5) is 0 Å². The van der Waals surface area contributed by atoms with Crippen LogP contribution >= 0.6 is 0 Å². The van der Waals surface area contributed by atoms with Gasteiger partial charge in [-0.1, -0.05) is 60.7 Å². The molecule has 0 fully saturated rings. The normalized spacial score (nSPS) is 12.4. The molecule has 2 N–H and O–H groups in total. The number of sulfonamides is 1. The van der Waals surface area contributed by atoms with Gasteiger partial charge in [0.25, 0.3) is 0 Å². The van der Waals surface area contributed by atoms with Crippen molar-refractivity contribution < 1.29 is 13.5 Å². The Labute approximate surface area is 175 Å². The number of hydrogen-bond acceptors (Lipinski definition) is 4. The van der Waals surface area contributed by atoms with Crippen molar-refractivity contribution in [2.75, 3.05) is 7.05 Å². The van der Waals surface area contributed by atoms with Gasteiger partial charge in [0, 0.05) is 6.54 Å². The van der Waals surface area contributed by atoms with Crippen LogP contribution in [0.15, 0.2) is 83.8 Å². The van der Waals surface area contributed by atoms with E-state index < -0.39 is 15.6 Å². The fraction of sp³-hybridized carbons (Fsp3) is 0.174. The van der Waals surface area contributed by atoms with Crippen molar-refractivity contribution in [2.45, 2.75) is 24.0 Å². The molecule has 0 bridgehead atoms. The molecule has 1 aromatic heterocycles. The van der Waals surface area contributed by atoms with E-state index >= 15 is 0 Å². The molecular formula is C23H23N3O3S. The second-order valence-electron chi connectivity index (χ2n) is 6.98. The monoisotopic (exact) mass is 421 g/mol. The van der Waals surface area contributed by atoms with Gasteiger partial charge in [-0.2, -0.15) is 0 Å². The molecule has 7 heteroatoms. The maximum Gasteiger partial charge on any atom is 0.240 e. The SMILES string of the molecule is CCn1c(C(O)(c2ccccc2)c2ccccc2)nc2ccc(S(=O)(=O)NC)cc21. The third-order valence-electron chi connectivity index (χ3n) is 5.32. The van der Waals surface area contributed by atoms with Crippen molar-refractivity contribution in [3.05, 3.63) is 95.8 Å². The van der Waals surface area contributed by atoms with Crippen LogP contribution in [-0.4, -0.2) is 30.1 Å². The van der Waals surface area contributed by atoms with Gasteiger partial charge in [0.15, 0.2) is 11.4 Å². The highest BCUT2D eigenvalue weighted by atomic mass is 32.2. The van der Waals surface area contributed by atoms with Crippen molar-refractivity contribution in [2.24, 2.45) is 0 Å². The molecule has 0 unspecified atom stereocenters. The summed E-state index contributed by atoms with van der Waals surface area (Å²) in [6.07, 6.45) is 0. The number of hydrogen-bond donors (Lipinski definition) is 2. The molecule has 0 saturated heterocycles. The third kappa shape index (κ3) is 3.21. The Bertz CT molecular complexity index is 1240. The second kappa shape index (κ2) is 7.68. The molecule has 30 heavy (non-hydrogen) atoms. The zero-order valence-corrected chi connectivity index (χ0v) is 17.6. The van der Waals surface area contributed by atoms with E-state index in [2.05, 4.69) is 4.72 Å². The van der Waals surface area contributed by atoms with E-state index in [0.29, 0.717) is 34.5 Å². The summed E-state index contributed by atoms with van der Waals surface area (Å²) in [5, 5.41) is 12.1.